The van der Waals surface area contributed by atoms with E-state index in [1.807, 2.05) is 43.0 Å². The molecule has 0 aliphatic carbocycles. The summed E-state index contributed by atoms with van der Waals surface area (Å²) in [6, 6.07) is 7.65. The highest BCUT2D eigenvalue weighted by Crippen LogP contribution is 2.26. The predicted molar refractivity (Wildman–Crippen MR) is 111 cm³/mol. The number of rotatable bonds is 9. The number of benzene rings is 1. The van der Waals surface area contributed by atoms with Crippen LogP contribution >= 0.6 is 11.3 Å². The number of hydrogen-bond donors (Lipinski definition) is 0. The zero-order valence-electron chi connectivity index (χ0n) is 16.7. The van der Waals surface area contributed by atoms with Crippen LogP contribution in [0.1, 0.15) is 30.5 Å². The first-order valence-electron chi connectivity index (χ1n) is 9.91. The third-order valence-corrected chi connectivity index (χ3v) is 5.54. The van der Waals surface area contributed by atoms with Crippen molar-refractivity contribution in [2.75, 3.05) is 39.4 Å². The molecule has 1 amide bonds. The molecule has 0 N–H and O–H groups in total. The summed E-state index contributed by atoms with van der Waals surface area (Å²) in [4.78, 5) is 21.3. The second-order valence-electron chi connectivity index (χ2n) is 6.85. The summed E-state index contributed by atoms with van der Waals surface area (Å²) < 4.78 is 11.4. The number of hydrogen-bond acceptors (Lipinski definition) is 6. The number of nitrogens with zero attached hydrogens (tertiary/aromatic N) is 3. The smallest absolute Gasteiger partial charge is 0.222 e. The van der Waals surface area contributed by atoms with Crippen LogP contribution < -0.4 is 9.47 Å². The normalized spacial score (nSPS) is 14.9. The van der Waals surface area contributed by atoms with Crippen molar-refractivity contribution >= 4 is 17.2 Å². The number of para-hydroxylation sites is 2. The molecule has 28 heavy (non-hydrogen) atoms. The molecule has 152 valence electrons. The molecule has 0 spiro atoms. The first kappa shape index (κ1) is 20.6. The Bertz CT molecular complexity index is 757. The van der Waals surface area contributed by atoms with Gasteiger partial charge in [-0.1, -0.05) is 12.1 Å². The minimum Gasteiger partial charge on any atom is -0.490 e. The zero-order valence-corrected chi connectivity index (χ0v) is 17.5. The maximum atomic E-state index is 12.5. The molecule has 0 atom stereocenters. The van der Waals surface area contributed by atoms with Gasteiger partial charge in [-0.2, -0.15) is 0 Å². The van der Waals surface area contributed by atoms with Gasteiger partial charge in [-0.15, -0.1) is 11.3 Å². The average molecular weight is 404 g/mol. The van der Waals surface area contributed by atoms with Gasteiger partial charge in [0, 0.05) is 44.5 Å². The van der Waals surface area contributed by atoms with Crippen LogP contribution in [0.5, 0.6) is 11.5 Å². The van der Waals surface area contributed by atoms with Gasteiger partial charge < -0.3 is 14.4 Å². The van der Waals surface area contributed by atoms with Crippen LogP contribution in [-0.2, 0) is 11.3 Å². The summed E-state index contributed by atoms with van der Waals surface area (Å²) in [5.74, 6) is 1.70. The van der Waals surface area contributed by atoms with E-state index in [-0.39, 0.29) is 5.91 Å². The van der Waals surface area contributed by atoms with Gasteiger partial charge >= 0.3 is 0 Å². The van der Waals surface area contributed by atoms with Crippen LogP contribution in [-0.4, -0.2) is 60.1 Å². The van der Waals surface area contributed by atoms with Crippen molar-refractivity contribution in [3.8, 4) is 11.5 Å². The number of amides is 1. The Morgan fingerprint density at radius 2 is 1.86 bits per heavy atom. The van der Waals surface area contributed by atoms with Crippen molar-refractivity contribution in [1.29, 1.82) is 0 Å². The highest BCUT2D eigenvalue weighted by atomic mass is 32.1. The Kier molecular flexibility index (Phi) is 7.68. The molecule has 0 unspecified atom stereocenters. The molecule has 0 radical (unpaired) electrons. The second kappa shape index (κ2) is 10.4. The Balaban J connectivity index is 1.35. The van der Waals surface area contributed by atoms with E-state index in [0.717, 1.165) is 54.9 Å². The van der Waals surface area contributed by atoms with Crippen molar-refractivity contribution in [3.63, 3.8) is 0 Å². The van der Waals surface area contributed by atoms with E-state index in [2.05, 4.69) is 15.3 Å². The predicted octanol–water partition coefficient (Wildman–Crippen LogP) is 3.35. The van der Waals surface area contributed by atoms with Crippen LogP contribution in [0.15, 0.2) is 29.6 Å². The van der Waals surface area contributed by atoms with Crippen LogP contribution in [0.2, 0.25) is 0 Å². The summed E-state index contributed by atoms with van der Waals surface area (Å²) in [7, 11) is 0. The molecule has 1 saturated heterocycles. The highest BCUT2D eigenvalue weighted by molar-refractivity contribution is 7.09. The lowest BCUT2D eigenvalue weighted by Crippen LogP contribution is -2.48. The molecule has 7 heteroatoms. The number of ether oxygens (including phenoxy) is 2. The van der Waals surface area contributed by atoms with Crippen LogP contribution in [0, 0.1) is 6.92 Å². The molecule has 1 aliphatic heterocycles. The molecule has 0 bridgehead atoms. The fourth-order valence-corrected chi connectivity index (χ4v) is 3.88. The topological polar surface area (TPSA) is 54.9 Å². The third-order valence-electron chi connectivity index (χ3n) is 4.72. The number of carbonyl (C=O) groups excluding carboxylic acids is 1. The van der Waals surface area contributed by atoms with Crippen molar-refractivity contribution in [1.82, 2.24) is 14.8 Å². The Labute approximate surface area is 171 Å². The molecule has 0 saturated carbocycles. The molecule has 2 aromatic rings. The largest absolute Gasteiger partial charge is 0.490 e. The second-order valence-corrected chi connectivity index (χ2v) is 7.91. The Morgan fingerprint density at radius 3 is 2.50 bits per heavy atom. The van der Waals surface area contributed by atoms with Gasteiger partial charge in [-0.05, 0) is 32.4 Å². The van der Waals surface area contributed by atoms with Crippen LogP contribution in [0.3, 0.4) is 0 Å². The van der Waals surface area contributed by atoms with Crippen molar-refractivity contribution in [2.45, 2.75) is 33.2 Å². The summed E-state index contributed by atoms with van der Waals surface area (Å²) >= 11 is 1.69. The first-order valence-corrected chi connectivity index (χ1v) is 10.8. The fraction of sp³-hybridized carbons (Fsp3) is 0.524. The van der Waals surface area contributed by atoms with E-state index in [9.17, 15) is 4.79 Å². The van der Waals surface area contributed by atoms with Gasteiger partial charge in [-0.25, -0.2) is 4.98 Å². The maximum Gasteiger partial charge on any atom is 0.222 e. The summed E-state index contributed by atoms with van der Waals surface area (Å²) in [6.45, 7) is 9.36. The maximum absolute atomic E-state index is 12.5. The number of aryl methyl sites for hydroxylation is 1. The number of piperazine rings is 1. The van der Waals surface area contributed by atoms with E-state index in [0.29, 0.717) is 26.1 Å². The SMILES string of the molecule is CCOc1ccccc1OCCCC(=O)N1CCN(Cc2csc(C)n2)CC1. The number of aromatic nitrogens is 1. The van der Waals surface area contributed by atoms with Gasteiger partial charge in [0.1, 0.15) is 0 Å². The van der Waals surface area contributed by atoms with Gasteiger partial charge in [0.15, 0.2) is 11.5 Å². The van der Waals surface area contributed by atoms with Gasteiger partial charge in [0.2, 0.25) is 5.91 Å². The lowest BCUT2D eigenvalue weighted by atomic mass is 10.2. The third kappa shape index (κ3) is 5.94. The first-order chi connectivity index (χ1) is 13.7. The van der Waals surface area contributed by atoms with Gasteiger partial charge in [-0.3, -0.25) is 9.69 Å². The van der Waals surface area contributed by atoms with Gasteiger partial charge in [0.05, 0.1) is 23.9 Å². The van der Waals surface area contributed by atoms with Crippen LogP contribution in [0.4, 0.5) is 0 Å². The Morgan fingerprint density at radius 1 is 1.14 bits per heavy atom. The molecule has 3 rings (SSSR count). The highest BCUT2D eigenvalue weighted by Gasteiger charge is 2.21. The Hall–Kier alpha value is -2.12. The standard InChI is InChI=1S/C21H29N3O3S/c1-3-26-19-7-4-5-8-20(19)27-14-6-9-21(25)24-12-10-23(11-13-24)15-18-16-28-17(2)22-18/h4-5,7-8,16H,3,6,9-15H2,1-2H3. The number of thiazole rings is 1. The monoisotopic (exact) mass is 403 g/mol. The van der Waals surface area contributed by atoms with Crippen molar-refractivity contribution < 1.29 is 14.3 Å². The molecule has 1 aliphatic rings. The average Bonchev–Trinajstić information content (AvgIpc) is 3.11. The van der Waals surface area contributed by atoms with Crippen LogP contribution in [0.25, 0.3) is 0 Å². The van der Waals surface area contributed by atoms with Crippen molar-refractivity contribution in [2.24, 2.45) is 0 Å². The van der Waals surface area contributed by atoms with E-state index in [1.165, 1.54) is 0 Å². The number of carbonyl (C=O) groups is 1. The van der Waals surface area contributed by atoms with E-state index in [4.69, 9.17) is 9.47 Å². The molecule has 1 aromatic heterocycles. The quantitative estimate of drug-likeness (QED) is 0.601. The fourth-order valence-electron chi connectivity index (χ4n) is 3.27. The summed E-state index contributed by atoms with van der Waals surface area (Å²) in [5, 5.41) is 3.23. The minimum atomic E-state index is 0.214. The molecular weight excluding hydrogens is 374 g/mol. The summed E-state index contributed by atoms with van der Waals surface area (Å²) in [5.41, 5.74) is 1.13. The molecular formula is C21H29N3O3S. The van der Waals surface area contributed by atoms with E-state index in [1.54, 1.807) is 11.3 Å². The van der Waals surface area contributed by atoms with Gasteiger partial charge in [0.25, 0.3) is 0 Å². The lowest BCUT2D eigenvalue weighted by molar-refractivity contribution is -0.133. The molecule has 1 fully saturated rings. The lowest BCUT2D eigenvalue weighted by Gasteiger charge is -2.34. The van der Waals surface area contributed by atoms with Crippen molar-refractivity contribution in [3.05, 3.63) is 40.3 Å². The van der Waals surface area contributed by atoms with E-state index < -0.39 is 0 Å². The molecule has 1 aromatic carbocycles. The molecule has 2 heterocycles. The zero-order chi connectivity index (χ0) is 19.8. The molecule has 6 nitrogen and oxygen atoms in total. The van der Waals surface area contributed by atoms with E-state index >= 15 is 0 Å². The summed E-state index contributed by atoms with van der Waals surface area (Å²) in [6.07, 6.45) is 1.22. The minimum absolute atomic E-state index is 0.214.